The monoisotopic (exact) mass is 699 g/mol. The van der Waals surface area contributed by atoms with E-state index in [1.54, 1.807) is 29.1 Å². The fourth-order valence-electron chi connectivity index (χ4n) is 7.43. The number of fused-ring (bicyclic) bond motifs is 6. The second-order valence-corrected chi connectivity index (χ2v) is 15.8. The Bertz CT molecular complexity index is 1930. The van der Waals surface area contributed by atoms with Crippen LogP contribution in [0.2, 0.25) is 0 Å². The summed E-state index contributed by atoms with van der Waals surface area (Å²) in [6, 6.07) is 17.7. The number of aromatic nitrogens is 4. The fourth-order valence-corrected chi connectivity index (χ4v) is 8.34. The van der Waals surface area contributed by atoms with Gasteiger partial charge in [-0.1, -0.05) is 56.0 Å². The number of amides is 1. The molecule has 2 N–H and O–H groups in total. The summed E-state index contributed by atoms with van der Waals surface area (Å²) < 4.78 is 43.2. The Morgan fingerprint density at radius 3 is 2.58 bits per heavy atom. The second-order valence-electron chi connectivity index (χ2n) is 14.2. The van der Waals surface area contributed by atoms with Crippen LogP contribution in [0.1, 0.15) is 81.1 Å². The van der Waals surface area contributed by atoms with Gasteiger partial charge in [0.15, 0.2) is 22.4 Å². The van der Waals surface area contributed by atoms with Crippen molar-refractivity contribution in [1.29, 1.82) is 0 Å². The number of sulfonamides is 1. The van der Waals surface area contributed by atoms with Gasteiger partial charge in [-0.2, -0.15) is 8.42 Å². The number of carbonyl (C=O) groups is 1. The molecule has 4 aromatic rings. The van der Waals surface area contributed by atoms with Gasteiger partial charge in [0.2, 0.25) is 5.88 Å². The molecule has 50 heavy (non-hydrogen) atoms. The minimum Gasteiger partial charge on any atom is -0.485 e. The normalized spacial score (nSPS) is 20.2. The number of carbonyl (C=O) groups excluding carboxylic acids is 1. The molecule has 2 aliphatic heterocycles. The first-order valence-corrected chi connectivity index (χ1v) is 19.1. The summed E-state index contributed by atoms with van der Waals surface area (Å²) in [5.41, 5.74) is 0.792. The van der Waals surface area contributed by atoms with E-state index in [1.165, 1.54) is 31.7 Å². The Labute approximate surface area is 293 Å². The van der Waals surface area contributed by atoms with Crippen LogP contribution in [0.3, 0.4) is 0 Å². The van der Waals surface area contributed by atoms with Gasteiger partial charge >= 0.3 is 0 Å². The van der Waals surface area contributed by atoms with E-state index in [4.69, 9.17) is 14.5 Å². The van der Waals surface area contributed by atoms with Crippen LogP contribution in [0.15, 0.2) is 71.9 Å². The first kappa shape index (κ1) is 33.8. The molecule has 1 amide bonds. The first-order valence-electron chi connectivity index (χ1n) is 17.6. The molecule has 2 fully saturated rings. The predicted octanol–water partition coefficient (Wildman–Crippen LogP) is 6.13. The van der Waals surface area contributed by atoms with Gasteiger partial charge in [-0.15, -0.1) is 5.10 Å². The largest absolute Gasteiger partial charge is 0.485 e. The summed E-state index contributed by atoms with van der Waals surface area (Å²) >= 11 is 0. The lowest BCUT2D eigenvalue weighted by Gasteiger charge is -2.34. The highest BCUT2D eigenvalue weighted by atomic mass is 32.2. The van der Waals surface area contributed by atoms with Crippen LogP contribution in [-0.2, 0) is 16.6 Å². The minimum atomic E-state index is -4.36. The summed E-state index contributed by atoms with van der Waals surface area (Å²) in [7, 11) is -4.36. The van der Waals surface area contributed by atoms with Crippen LogP contribution in [0.4, 0.5) is 11.6 Å². The molecule has 13 heteroatoms. The molecular formula is C37H45N7O5S. The Kier molecular flexibility index (Phi) is 9.67. The van der Waals surface area contributed by atoms with Crippen LogP contribution in [0, 0.1) is 11.8 Å². The van der Waals surface area contributed by atoms with Crippen molar-refractivity contribution in [3.8, 4) is 17.4 Å². The molecule has 4 bridgehead atoms. The van der Waals surface area contributed by atoms with Gasteiger partial charge < -0.3 is 19.7 Å². The van der Waals surface area contributed by atoms with Crippen molar-refractivity contribution in [3.63, 3.8) is 0 Å². The minimum absolute atomic E-state index is 0.155. The molecule has 0 unspecified atom stereocenters. The Balaban J connectivity index is 1.17. The van der Waals surface area contributed by atoms with Gasteiger partial charge in [-0.25, -0.2) is 19.4 Å². The Hall–Kier alpha value is -4.65. The predicted molar refractivity (Wildman–Crippen MR) is 190 cm³/mol. The van der Waals surface area contributed by atoms with E-state index in [-0.39, 0.29) is 16.1 Å². The number of anilines is 2. The van der Waals surface area contributed by atoms with Crippen LogP contribution < -0.4 is 24.4 Å². The van der Waals surface area contributed by atoms with Crippen molar-refractivity contribution in [2.24, 2.45) is 11.8 Å². The molecule has 7 rings (SSSR count). The number of hydrogen-bond donors (Lipinski definition) is 2. The molecule has 1 aliphatic carbocycles. The zero-order valence-electron chi connectivity index (χ0n) is 28.7. The number of nitrogens with one attached hydrogen (secondary N) is 2. The molecule has 3 aromatic heterocycles. The molecular weight excluding hydrogens is 655 g/mol. The van der Waals surface area contributed by atoms with E-state index >= 15 is 0 Å². The molecule has 0 radical (unpaired) electrons. The standard InChI is InChI=1S/C37H45N7O5S/c1-37(2)23-28-13-8-20-38-34-30(49-25-27-11-4-3-5-12-27)15-17-33(40-34)50(46,47)42-36(45)29-14-16-31(39-35(29)43(37)24-28)44-21-18-32(41-44)48-22-19-26-9-6-7-10-26/h3-5,11-12,14-18,21,26,28H,6-10,13,19-20,22-25H2,1-2H3,(H,38,40)(H,42,45)/t28-/m0/s1. The Morgan fingerprint density at radius 2 is 1.76 bits per heavy atom. The third-order valence-corrected chi connectivity index (χ3v) is 11.3. The summed E-state index contributed by atoms with van der Waals surface area (Å²) in [4.78, 5) is 25.4. The van der Waals surface area contributed by atoms with Crippen LogP contribution in [-0.4, -0.2) is 59.3 Å². The maximum Gasteiger partial charge on any atom is 0.281 e. The highest BCUT2D eigenvalue weighted by Crippen LogP contribution is 2.40. The number of hydrogen-bond acceptors (Lipinski definition) is 10. The van der Waals surface area contributed by atoms with Crippen LogP contribution in [0.5, 0.6) is 11.6 Å². The number of pyridine rings is 2. The number of nitrogens with zero attached hydrogens (tertiary/aromatic N) is 5. The van der Waals surface area contributed by atoms with Crippen molar-refractivity contribution in [1.82, 2.24) is 24.5 Å². The molecule has 1 saturated heterocycles. The van der Waals surface area contributed by atoms with Crippen LogP contribution >= 0.6 is 0 Å². The van der Waals surface area contributed by atoms with E-state index < -0.39 is 15.9 Å². The van der Waals surface area contributed by atoms with Crippen LogP contribution in [0.25, 0.3) is 5.82 Å². The maximum absolute atomic E-state index is 13.9. The molecule has 1 saturated carbocycles. The lowest BCUT2D eigenvalue weighted by atomic mass is 9.93. The lowest BCUT2D eigenvalue weighted by molar-refractivity contribution is 0.0981. The molecule has 1 aromatic carbocycles. The first-order chi connectivity index (χ1) is 24.1. The van der Waals surface area contributed by atoms with Crippen molar-refractivity contribution < 1.29 is 22.7 Å². The second kappa shape index (κ2) is 14.3. The van der Waals surface area contributed by atoms with E-state index in [0.29, 0.717) is 61.3 Å². The van der Waals surface area contributed by atoms with Gasteiger partial charge in [0.25, 0.3) is 15.9 Å². The summed E-state index contributed by atoms with van der Waals surface area (Å²) in [6.07, 6.45) is 10.6. The van der Waals surface area contributed by atoms with E-state index in [9.17, 15) is 13.2 Å². The molecule has 1 atom stereocenters. The molecule has 0 spiro atoms. The highest BCUT2D eigenvalue weighted by molar-refractivity contribution is 7.90. The third kappa shape index (κ3) is 7.57. The highest BCUT2D eigenvalue weighted by Gasteiger charge is 2.41. The zero-order chi connectivity index (χ0) is 34.7. The SMILES string of the molecule is CC1(C)C[C@@H]2CCCNc3nc(ccc3OCc3ccccc3)S(=O)(=O)NC(=O)c3ccc(-n4ccc(OCCC5CCCC5)n4)nc3N1C2. The van der Waals surface area contributed by atoms with Crippen molar-refractivity contribution in [2.75, 3.05) is 29.9 Å². The van der Waals surface area contributed by atoms with Crippen molar-refractivity contribution in [3.05, 3.63) is 78.0 Å². The summed E-state index contributed by atoms with van der Waals surface area (Å²) in [5, 5.41) is 7.62. The fraction of sp³-hybridized carbons (Fsp3) is 0.459. The zero-order valence-corrected chi connectivity index (χ0v) is 29.5. The van der Waals surface area contributed by atoms with Gasteiger partial charge in [0, 0.05) is 30.9 Å². The number of benzene rings is 1. The lowest BCUT2D eigenvalue weighted by Crippen LogP contribution is -2.41. The van der Waals surface area contributed by atoms with Gasteiger partial charge in [-0.3, -0.25) is 4.79 Å². The smallest absolute Gasteiger partial charge is 0.281 e. The van der Waals surface area contributed by atoms with E-state index in [1.807, 2.05) is 36.4 Å². The molecule has 12 nitrogen and oxygen atoms in total. The quantitative estimate of drug-likeness (QED) is 0.221. The maximum atomic E-state index is 13.9. The molecule has 3 aliphatic rings. The van der Waals surface area contributed by atoms with Crippen molar-refractivity contribution in [2.45, 2.75) is 82.4 Å². The van der Waals surface area contributed by atoms with E-state index in [2.05, 4.69) is 38.9 Å². The average molecular weight is 700 g/mol. The van der Waals surface area contributed by atoms with Gasteiger partial charge in [0.1, 0.15) is 12.4 Å². The van der Waals surface area contributed by atoms with Crippen molar-refractivity contribution >= 4 is 27.6 Å². The van der Waals surface area contributed by atoms with Gasteiger partial charge in [-0.05, 0) is 81.2 Å². The average Bonchev–Trinajstić information content (AvgIpc) is 3.86. The molecule has 264 valence electrons. The number of ether oxygens (including phenoxy) is 2. The third-order valence-electron chi connectivity index (χ3n) is 10.0. The topological polar surface area (TPSA) is 141 Å². The summed E-state index contributed by atoms with van der Waals surface area (Å²) in [6.45, 7) is 6.43. The summed E-state index contributed by atoms with van der Waals surface area (Å²) in [5.74, 6) is 2.44. The molecule has 5 heterocycles. The Morgan fingerprint density at radius 1 is 0.940 bits per heavy atom. The van der Waals surface area contributed by atoms with E-state index in [0.717, 1.165) is 37.2 Å². The number of rotatable bonds is 8. The van der Waals surface area contributed by atoms with Gasteiger partial charge in [0.05, 0.1) is 12.2 Å².